The van der Waals surface area contributed by atoms with Crippen LogP contribution in [0.15, 0.2) is 23.0 Å². The largest absolute Gasteiger partial charge is 0.465 e. The summed E-state index contributed by atoms with van der Waals surface area (Å²) in [5, 5.41) is 2.61. The highest BCUT2D eigenvalue weighted by Gasteiger charge is 2.31. The van der Waals surface area contributed by atoms with E-state index in [2.05, 4.69) is 5.32 Å². The molecule has 1 N–H and O–H groups in total. The van der Waals surface area contributed by atoms with E-state index >= 15 is 0 Å². The van der Waals surface area contributed by atoms with Gasteiger partial charge in [-0.15, -0.1) is 0 Å². The van der Waals surface area contributed by atoms with Crippen LogP contribution < -0.4 is 5.32 Å². The highest BCUT2D eigenvalue weighted by atomic mass is 16.5. The zero-order valence-corrected chi connectivity index (χ0v) is 17.0. The number of esters is 2. The van der Waals surface area contributed by atoms with Gasteiger partial charge in [-0.3, -0.25) is 9.59 Å². The zero-order chi connectivity index (χ0) is 20.4. The van der Waals surface area contributed by atoms with Crippen LogP contribution in [0.4, 0.5) is 4.79 Å². The predicted molar refractivity (Wildman–Crippen MR) is 101 cm³/mol. The fourth-order valence-electron chi connectivity index (χ4n) is 3.12. The van der Waals surface area contributed by atoms with Gasteiger partial charge in [-0.1, -0.05) is 13.0 Å². The van der Waals surface area contributed by atoms with E-state index in [1.165, 1.54) is 6.92 Å². The van der Waals surface area contributed by atoms with Crippen LogP contribution >= 0.6 is 0 Å². The van der Waals surface area contributed by atoms with Crippen molar-refractivity contribution in [3.05, 3.63) is 23.0 Å². The Bertz CT molecular complexity index is 622. The normalized spacial score (nSPS) is 19.2. The predicted octanol–water partition coefficient (Wildman–Crippen LogP) is 3.64. The summed E-state index contributed by atoms with van der Waals surface area (Å²) in [6, 6.07) is 0. The smallest absolute Gasteiger partial charge is 0.407 e. The summed E-state index contributed by atoms with van der Waals surface area (Å²) in [6.07, 6.45) is 3.77. The van der Waals surface area contributed by atoms with Crippen LogP contribution in [0, 0.1) is 5.41 Å². The number of hydrogen-bond acceptors (Lipinski definition) is 6. The molecule has 27 heavy (non-hydrogen) atoms. The van der Waals surface area contributed by atoms with Gasteiger partial charge in [0.25, 0.3) is 0 Å². The molecule has 1 aliphatic rings. The lowest BCUT2D eigenvalue weighted by Crippen LogP contribution is -2.27. The lowest BCUT2D eigenvalue weighted by atomic mass is 9.78. The third-order valence-corrected chi connectivity index (χ3v) is 4.15. The van der Waals surface area contributed by atoms with Crippen molar-refractivity contribution in [2.24, 2.45) is 5.41 Å². The van der Waals surface area contributed by atoms with Crippen molar-refractivity contribution in [1.82, 2.24) is 5.32 Å². The maximum absolute atomic E-state index is 12.1. The van der Waals surface area contributed by atoms with Gasteiger partial charge < -0.3 is 19.5 Å². The summed E-state index contributed by atoms with van der Waals surface area (Å²) in [5.74, 6) is 0.000328. The zero-order valence-electron chi connectivity index (χ0n) is 17.0. The summed E-state index contributed by atoms with van der Waals surface area (Å²) in [7, 11) is 0. The first-order valence-electron chi connectivity index (χ1n) is 9.31. The minimum atomic E-state index is -0.444. The monoisotopic (exact) mass is 381 g/mol. The van der Waals surface area contributed by atoms with Gasteiger partial charge >= 0.3 is 18.0 Å². The molecule has 0 saturated heterocycles. The lowest BCUT2D eigenvalue weighted by molar-refractivity contribution is -0.143. The highest BCUT2D eigenvalue weighted by molar-refractivity contribution is 5.71. The Morgan fingerprint density at radius 2 is 1.89 bits per heavy atom. The van der Waals surface area contributed by atoms with E-state index in [-0.39, 0.29) is 23.8 Å². The molecule has 0 aromatic heterocycles. The van der Waals surface area contributed by atoms with Crippen molar-refractivity contribution >= 4 is 18.0 Å². The number of nitrogens with one attached hydrogen (secondary N) is 1. The molecule has 7 heteroatoms. The van der Waals surface area contributed by atoms with Crippen LogP contribution in [-0.4, -0.2) is 37.8 Å². The minimum Gasteiger partial charge on any atom is -0.465 e. The molecule has 0 heterocycles. The molecular weight excluding hydrogens is 350 g/mol. The van der Waals surface area contributed by atoms with Crippen LogP contribution in [0.2, 0.25) is 0 Å². The van der Waals surface area contributed by atoms with E-state index in [4.69, 9.17) is 14.2 Å². The maximum atomic E-state index is 12.1. The Kier molecular flexibility index (Phi) is 9.05. The van der Waals surface area contributed by atoms with Crippen molar-refractivity contribution in [2.45, 2.75) is 60.3 Å². The van der Waals surface area contributed by atoms with Gasteiger partial charge in [-0.2, -0.15) is 0 Å². The summed E-state index contributed by atoms with van der Waals surface area (Å²) >= 11 is 0. The van der Waals surface area contributed by atoms with Crippen LogP contribution in [0.3, 0.4) is 0 Å². The first kappa shape index (κ1) is 22.7. The number of allylic oxidation sites excluding steroid dienone is 2. The Labute approximate surface area is 161 Å². The topological polar surface area (TPSA) is 90.9 Å². The number of hydrogen-bond donors (Lipinski definition) is 1. The number of rotatable bonds is 9. The molecule has 0 aliphatic heterocycles. The molecule has 152 valence electrons. The van der Waals surface area contributed by atoms with Gasteiger partial charge in [-0.25, -0.2) is 4.79 Å². The fraction of sp³-hybridized carbons (Fsp3) is 0.650. The summed E-state index contributed by atoms with van der Waals surface area (Å²) < 4.78 is 15.5. The molecule has 0 fully saturated rings. The first-order chi connectivity index (χ1) is 12.7. The van der Waals surface area contributed by atoms with Gasteiger partial charge in [0.15, 0.2) is 0 Å². The van der Waals surface area contributed by atoms with Crippen LogP contribution in [0.5, 0.6) is 0 Å². The average Bonchev–Trinajstić information content (AvgIpc) is 2.56. The lowest BCUT2D eigenvalue weighted by Gasteiger charge is -2.31. The van der Waals surface area contributed by atoms with Crippen LogP contribution in [0.25, 0.3) is 0 Å². The van der Waals surface area contributed by atoms with Crippen molar-refractivity contribution in [1.29, 1.82) is 0 Å². The molecule has 1 unspecified atom stereocenters. The van der Waals surface area contributed by atoms with E-state index < -0.39 is 6.09 Å². The summed E-state index contributed by atoms with van der Waals surface area (Å²) in [6.45, 7) is 10.0. The van der Waals surface area contributed by atoms with Crippen LogP contribution in [-0.2, 0) is 23.8 Å². The van der Waals surface area contributed by atoms with Gasteiger partial charge in [0.1, 0.15) is 12.4 Å². The first-order valence-corrected chi connectivity index (χ1v) is 9.31. The maximum Gasteiger partial charge on any atom is 0.407 e. The molecule has 0 aromatic carbocycles. The van der Waals surface area contributed by atoms with Gasteiger partial charge in [0.2, 0.25) is 0 Å². The SMILES string of the molecule is CCOC(=O)NCCCCC(=O)OC1=C(C)CC(C)(COC(C)=O)C=C1C. The summed E-state index contributed by atoms with van der Waals surface area (Å²) in [4.78, 5) is 34.3. The Balaban J connectivity index is 2.44. The Morgan fingerprint density at radius 1 is 1.19 bits per heavy atom. The molecule has 0 radical (unpaired) electrons. The second-order valence-electron chi connectivity index (χ2n) is 7.13. The van der Waals surface area contributed by atoms with Gasteiger partial charge in [0, 0.05) is 25.3 Å². The van der Waals surface area contributed by atoms with Crippen LogP contribution in [0.1, 0.15) is 60.3 Å². The number of amides is 1. The average molecular weight is 381 g/mol. The van der Waals surface area contributed by atoms with Crippen molar-refractivity contribution in [3.63, 3.8) is 0 Å². The molecule has 1 amide bonds. The molecule has 1 atom stereocenters. The van der Waals surface area contributed by atoms with Gasteiger partial charge in [0.05, 0.1) is 6.61 Å². The van der Waals surface area contributed by atoms with E-state index in [0.717, 1.165) is 11.1 Å². The molecule has 0 spiro atoms. The van der Waals surface area contributed by atoms with Crippen molar-refractivity contribution < 1.29 is 28.6 Å². The third-order valence-electron chi connectivity index (χ3n) is 4.15. The number of alkyl carbamates (subject to hydrolysis) is 1. The minimum absolute atomic E-state index is 0.277. The van der Waals surface area contributed by atoms with E-state index in [0.29, 0.717) is 44.8 Å². The van der Waals surface area contributed by atoms with E-state index in [9.17, 15) is 14.4 Å². The fourth-order valence-corrected chi connectivity index (χ4v) is 3.12. The quantitative estimate of drug-likeness (QED) is 0.372. The van der Waals surface area contributed by atoms with E-state index in [1.54, 1.807) is 6.92 Å². The number of carbonyl (C=O) groups excluding carboxylic acids is 3. The van der Waals surface area contributed by atoms with Crippen molar-refractivity contribution in [2.75, 3.05) is 19.8 Å². The standard InChI is InChI=1S/C20H31NO6/c1-6-25-19(24)21-10-8-7-9-17(23)27-18-14(2)11-20(5,12-15(18)3)13-26-16(4)22/h11H,6-10,12-13H2,1-5H3,(H,21,24). The molecule has 7 nitrogen and oxygen atoms in total. The summed E-state index contributed by atoms with van der Waals surface area (Å²) in [5.41, 5.74) is 1.53. The molecule has 0 aromatic rings. The second kappa shape index (κ2) is 10.7. The highest BCUT2D eigenvalue weighted by Crippen LogP contribution is 2.38. The Hall–Kier alpha value is -2.31. The molecule has 0 bridgehead atoms. The van der Waals surface area contributed by atoms with E-state index in [1.807, 2.05) is 26.8 Å². The number of carbonyl (C=O) groups is 3. The number of unbranched alkanes of at least 4 members (excludes halogenated alkanes) is 1. The molecular formula is C20H31NO6. The molecule has 0 saturated carbocycles. The Morgan fingerprint density at radius 3 is 2.48 bits per heavy atom. The third kappa shape index (κ3) is 8.28. The molecule has 1 aliphatic carbocycles. The molecule has 1 rings (SSSR count). The van der Waals surface area contributed by atoms with Crippen molar-refractivity contribution in [3.8, 4) is 0 Å². The van der Waals surface area contributed by atoms with Gasteiger partial charge in [-0.05, 0) is 51.2 Å². The second-order valence-corrected chi connectivity index (χ2v) is 7.13. The number of ether oxygens (including phenoxy) is 3.